The van der Waals surface area contributed by atoms with Gasteiger partial charge in [0.1, 0.15) is 11.6 Å². The molecule has 31 heavy (non-hydrogen) atoms. The SMILES string of the molecule is CNc1ccc(-c2cc(Nc3ccc4nccnc4c3)nc(N3CCOCC3)n2)cn1. The van der Waals surface area contributed by atoms with Gasteiger partial charge in [0, 0.05) is 56.0 Å². The Hall–Kier alpha value is -3.85. The van der Waals surface area contributed by atoms with Crippen molar-refractivity contribution in [3.63, 3.8) is 0 Å². The molecule has 156 valence electrons. The molecule has 5 rings (SSSR count). The van der Waals surface area contributed by atoms with Gasteiger partial charge in [-0.1, -0.05) is 0 Å². The quantitative estimate of drug-likeness (QED) is 0.510. The molecule has 4 heterocycles. The largest absolute Gasteiger partial charge is 0.378 e. The van der Waals surface area contributed by atoms with E-state index >= 15 is 0 Å². The highest BCUT2D eigenvalue weighted by Crippen LogP contribution is 2.26. The lowest BCUT2D eigenvalue weighted by molar-refractivity contribution is 0.122. The van der Waals surface area contributed by atoms with Crippen LogP contribution in [0.15, 0.2) is 55.0 Å². The normalized spacial score (nSPS) is 13.9. The van der Waals surface area contributed by atoms with Gasteiger partial charge in [0.05, 0.1) is 29.9 Å². The molecule has 0 amide bonds. The predicted molar refractivity (Wildman–Crippen MR) is 121 cm³/mol. The molecule has 0 saturated carbocycles. The highest BCUT2D eigenvalue weighted by molar-refractivity contribution is 5.79. The van der Waals surface area contributed by atoms with Crippen molar-refractivity contribution in [2.45, 2.75) is 0 Å². The average Bonchev–Trinajstić information content (AvgIpc) is 2.84. The smallest absolute Gasteiger partial charge is 0.228 e. The number of hydrogen-bond acceptors (Lipinski definition) is 9. The molecule has 9 nitrogen and oxygen atoms in total. The van der Waals surface area contributed by atoms with Crippen LogP contribution in [-0.2, 0) is 4.74 Å². The van der Waals surface area contributed by atoms with Crippen LogP contribution in [-0.4, -0.2) is 58.3 Å². The Kier molecular flexibility index (Phi) is 5.24. The number of aromatic nitrogens is 5. The molecule has 0 unspecified atom stereocenters. The first-order valence-electron chi connectivity index (χ1n) is 10.1. The molecule has 1 aliphatic rings. The van der Waals surface area contributed by atoms with Crippen LogP contribution in [0.1, 0.15) is 0 Å². The van der Waals surface area contributed by atoms with Gasteiger partial charge in [-0.2, -0.15) is 4.98 Å². The third kappa shape index (κ3) is 4.22. The Morgan fingerprint density at radius 1 is 0.871 bits per heavy atom. The molecule has 0 bridgehead atoms. The Morgan fingerprint density at radius 2 is 1.71 bits per heavy atom. The van der Waals surface area contributed by atoms with E-state index in [-0.39, 0.29) is 0 Å². The molecular weight excluding hydrogens is 392 g/mol. The molecule has 4 aromatic rings. The molecule has 1 fully saturated rings. The first-order valence-corrected chi connectivity index (χ1v) is 10.1. The number of anilines is 4. The van der Waals surface area contributed by atoms with Gasteiger partial charge in [-0.15, -0.1) is 0 Å². The van der Waals surface area contributed by atoms with E-state index in [0.29, 0.717) is 25.0 Å². The number of rotatable bonds is 5. The standard InChI is InChI=1S/C22H22N8O/c1-23-20-5-2-15(14-26-20)18-13-21(29-22(28-18)30-8-10-31-11-9-30)27-16-3-4-17-19(12-16)25-7-6-24-17/h2-7,12-14H,8-11H2,1H3,(H,23,26)(H,27,28,29). The summed E-state index contributed by atoms with van der Waals surface area (Å²) in [5.41, 5.74) is 4.27. The molecule has 2 N–H and O–H groups in total. The Labute approximate surface area is 179 Å². The summed E-state index contributed by atoms with van der Waals surface area (Å²) >= 11 is 0. The van der Waals surface area contributed by atoms with Gasteiger partial charge in [0.2, 0.25) is 5.95 Å². The minimum atomic E-state index is 0.665. The summed E-state index contributed by atoms with van der Waals surface area (Å²) in [6, 6.07) is 11.7. The number of ether oxygens (including phenoxy) is 1. The first-order chi connectivity index (χ1) is 15.3. The topological polar surface area (TPSA) is 101 Å². The van der Waals surface area contributed by atoms with E-state index in [1.807, 2.05) is 49.6 Å². The maximum absolute atomic E-state index is 5.49. The van der Waals surface area contributed by atoms with Crippen LogP contribution in [0, 0.1) is 0 Å². The van der Waals surface area contributed by atoms with Gasteiger partial charge in [-0.25, -0.2) is 9.97 Å². The summed E-state index contributed by atoms with van der Waals surface area (Å²) in [5, 5.41) is 6.44. The molecule has 0 spiro atoms. The maximum atomic E-state index is 5.49. The second kappa shape index (κ2) is 8.49. The fourth-order valence-corrected chi connectivity index (χ4v) is 3.43. The van der Waals surface area contributed by atoms with Gasteiger partial charge in [-0.05, 0) is 30.3 Å². The lowest BCUT2D eigenvalue weighted by atomic mass is 10.2. The third-order valence-corrected chi connectivity index (χ3v) is 5.07. The third-order valence-electron chi connectivity index (χ3n) is 5.07. The first kappa shape index (κ1) is 19.1. The zero-order valence-corrected chi connectivity index (χ0v) is 17.1. The molecule has 9 heteroatoms. The summed E-state index contributed by atoms with van der Waals surface area (Å²) < 4.78 is 5.49. The van der Waals surface area contributed by atoms with Gasteiger partial charge in [0.25, 0.3) is 0 Å². The van der Waals surface area contributed by atoms with E-state index in [2.05, 4.69) is 30.5 Å². The Morgan fingerprint density at radius 3 is 2.48 bits per heavy atom. The van der Waals surface area contributed by atoms with Gasteiger partial charge >= 0.3 is 0 Å². The minimum Gasteiger partial charge on any atom is -0.378 e. The summed E-state index contributed by atoms with van der Waals surface area (Å²) in [7, 11) is 1.85. The minimum absolute atomic E-state index is 0.665. The van der Waals surface area contributed by atoms with Crippen LogP contribution in [0.3, 0.4) is 0 Å². The van der Waals surface area contributed by atoms with Crippen LogP contribution in [0.2, 0.25) is 0 Å². The van der Waals surface area contributed by atoms with E-state index in [1.165, 1.54) is 0 Å². The fourth-order valence-electron chi connectivity index (χ4n) is 3.43. The molecule has 1 saturated heterocycles. The summed E-state index contributed by atoms with van der Waals surface area (Å²) in [4.78, 5) is 24.9. The van der Waals surface area contributed by atoms with E-state index in [9.17, 15) is 0 Å². The molecule has 0 radical (unpaired) electrons. The number of nitrogens with zero attached hydrogens (tertiary/aromatic N) is 6. The van der Waals surface area contributed by atoms with E-state index < -0.39 is 0 Å². The van der Waals surface area contributed by atoms with E-state index in [0.717, 1.165) is 46.9 Å². The Bertz CT molecular complexity index is 1190. The summed E-state index contributed by atoms with van der Waals surface area (Å²) in [6.07, 6.45) is 5.19. The van der Waals surface area contributed by atoms with Crippen molar-refractivity contribution >= 4 is 34.3 Å². The fraction of sp³-hybridized carbons (Fsp3) is 0.227. The number of hydrogen-bond donors (Lipinski definition) is 2. The number of nitrogens with one attached hydrogen (secondary N) is 2. The van der Waals surface area contributed by atoms with E-state index in [4.69, 9.17) is 14.7 Å². The number of morpholine rings is 1. The number of pyridine rings is 1. The number of benzene rings is 1. The second-order valence-electron chi connectivity index (χ2n) is 7.10. The van der Waals surface area contributed by atoms with Gasteiger partial charge < -0.3 is 20.3 Å². The van der Waals surface area contributed by atoms with Crippen LogP contribution in [0.5, 0.6) is 0 Å². The zero-order valence-electron chi connectivity index (χ0n) is 17.1. The highest BCUT2D eigenvalue weighted by Gasteiger charge is 2.17. The molecule has 1 aromatic carbocycles. The van der Waals surface area contributed by atoms with Crippen molar-refractivity contribution in [2.24, 2.45) is 0 Å². The molecule has 1 aliphatic heterocycles. The van der Waals surface area contributed by atoms with Gasteiger partial charge in [-0.3, -0.25) is 9.97 Å². The van der Waals surface area contributed by atoms with Crippen molar-refractivity contribution < 1.29 is 4.74 Å². The van der Waals surface area contributed by atoms with Crippen molar-refractivity contribution in [1.29, 1.82) is 0 Å². The lowest BCUT2D eigenvalue weighted by Crippen LogP contribution is -2.37. The predicted octanol–water partition coefficient (Wildman–Crippen LogP) is 3.10. The molecule has 3 aromatic heterocycles. The number of fused-ring (bicyclic) bond motifs is 1. The maximum Gasteiger partial charge on any atom is 0.228 e. The van der Waals surface area contributed by atoms with Crippen LogP contribution < -0.4 is 15.5 Å². The Balaban J connectivity index is 1.52. The van der Waals surface area contributed by atoms with E-state index in [1.54, 1.807) is 12.4 Å². The van der Waals surface area contributed by atoms with Gasteiger partial charge in [0.15, 0.2) is 0 Å². The van der Waals surface area contributed by atoms with Crippen LogP contribution in [0.25, 0.3) is 22.3 Å². The average molecular weight is 414 g/mol. The van der Waals surface area contributed by atoms with Crippen LogP contribution in [0.4, 0.5) is 23.3 Å². The summed E-state index contributed by atoms with van der Waals surface area (Å²) in [5.74, 6) is 2.18. The molecular formula is C22H22N8O. The molecule has 0 aliphatic carbocycles. The van der Waals surface area contributed by atoms with Crippen molar-refractivity contribution in [3.8, 4) is 11.3 Å². The highest BCUT2D eigenvalue weighted by atomic mass is 16.5. The van der Waals surface area contributed by atoms with Crippen molar-refractivity contribution in [2.75, 3.05) is 48.9 Å². The monoisotopic (exact) mass is 414 g/mol. The van der Waals surface area contributed by atoms with Crippen molar-refractivity contribution in [1.82, 2.24) is 24.9 Å². The summed E-state index contributed by atoms with van der Waals surface area (Å²) in [6.45, 7) is 2.84. The van der Waals surface area contributed by atoms with Crippen LogP contribution >= 0.6 is 0 Å². The zero-order chi connectivity index (χ0) is 21.0. The second-order valence-corrected chi connectivity index (χ2v) is 7.10. The lowest BCUT2D eigenvalue weighted by Gasteiger charge is -2.27. The molecule has 0 atom stereocenters. The van der Waals surface area contributed by atoms with Crippen molar-refractivity contribution in [3.05, 3.63) is 55.0 Å².